The molecular weight excluding hydrogens is 218 g/mol. The molecule has 3 aromatic heterocycles. The van der Waals surface area contributed by atoms with Crippen molar-refractivity contribution in [2.45, 2.75) is 6.92 Å². The van der Waals surface area contributed by atoms with Gasteiger partial charge in [-0.3, -0.25) is 5.10 Å². The van der Waals surface area contributed by atoms with E-state index in [0.717, 1.165) is 17.6 Å². The lowest BCUT2D eigenvalue weighted by molar-refractivity contribution is 0.580. The van der Waals surface area contributed by atoms with Gasteiger partial charge in [-0.1, -0.05) is 0 Å². The van der Waals surface area contributed by atoms with Crippen LogP contribution in [0.2, 0.25) is 0 Å². The summed E-state index contributed by atoms with van der Waals surface area (Å²) in [5.74, 6) is 1.27. The van der Waals surface area contributed by atoms with Crippen LogP contribution in [0.1, 0.15) is 6.92 Å². The maximum atomic E-state index is 5.37. The zero-order chi connectivity index (χ0) is 11.7. The Morgan fingerprint density at radius 3 is 3.12 bits per heavy atom. The summed E-state index contributed by atoms with van der Waals surface area (Å²) in [7, 11) is 0. The van der Waals surface area contributed by atoms with Crippen LogP contribution in [-0.2, 0) is 0 Å². The van der Waals surface area contributed by atoms with Crippen LogP contribution in [0.3, 0.4) is 0 Å². The predicted octanol–water partition coefficient (Wildman–Crippen LogP) is 2.04. The summed E-state index contributed by atoms with van der Waals surface area (Å²) in [5.41, 5.74) is 1.44. The van der Waals surface area contributed by atoms with Crippen molar-refractivity contribution < 1.29 is 4.42 Å². The second-order valence-corrected chi connectivity index (χ2v) is 3.54. The molecule has 0 aliphatic rings. The third-order valence-corrected chi connectivity index (χ3v) is 2.40. The van der Waals surface area contributed by atoms with Crippen LogP contribution in [0.4, 0.5) is 5.95 Å². The number of H-pyrrole nitrogens is 1. The molecule has 0 fully saturated rings. The van der Waals surface area contributed by atoms with Crippen LogP contribution in [-0.4, -0.2) is 26.7 Å². The minimum Gasteiger partial charge on any atom is -0.463 e. The summed E-state index contributed by atoms with van der Waals surface area (Å²) >= 11 is 0. The molecule has 3 rings (SSSR count). The van der Waals surface area contributed by atoms with E-state index in [9.17, 15) is 0 Å². The lowest BCUT2D eigenvalue weighted by Gasteiger charge is -2.03. The molecule has 3 aromatic rings. The van der Waals surface area contributed by atoms with Crippen molar-refractivity contribution in [3.05, 3.63) is 24.6 Å². The summed E-state index contributed by atoms with van der Waals surface area (Å²) in [6, 6.07) is 3.70. The minimum absolute atomic E-state index is 0.565. The quantitative estimate of drug-likeness (QED) is 0.718. The summed E-state index contributed by atoms with van der Waals surface area (Å²) in [4.78, 5) is 8.74. The van der Waals surface area contributed by atoms with E-state index in [2.05, 4.69) is 25.5 Å². The van der Waals surface area contributed by atoms with Crippen molar-refractivity contribution in [3.8, 4) is 11.5 Å². The molecule has 0 atom stereocenters. The minimum atomic E-state index is 0.565. The highest BCUT2D eigenvalue weighted by Gasteiger charge is 2.12. The predicted molar refractivity (Wildman–Crippen MR) is 63.5 cm³/mol. The van der Waals surface area contributed by atoms with E-state index in [1.807, 2.05) is 19.1 Å². The summed E-state index contributed by atoms with van der Waals surface area (Å²) in [5, 5.41) is 10.7. The van der Waals surface area contributed by atoms with Gasteiger partial charge in [0.25, 0.3) is 0 Å². The van der Waals surface area contributed by atoms with Crippen LogP contribution in [0.25, 0.3) is 22.5 Å². The molecule has 0 saturated carbocycles. The van der Waals surface area contributed by atoms with Gasteiger partial charge in [0.1, 0.15) is 5.69 Å². The highest BCUT2D eigenvalue weighted by molar-refractivity contribution is 5.89. The first-order chi connectivity index (χ1) is 8.38. The molecule has 0 saturated heterocycles. The summed E-state index contributed by atoms with van der Waals surface area (Å²) in [6.45, 7) is 2.75. The number of aromatic nitrogens is 4. The van der Waals surface area contributed by atoms with Crippen molar-refractivity contribution in [2.24, 2.45) is 0 Å². The molecule has 0 amide bonds. The van der Waals surface area contributed by atoms with E-state index in [0.29, 0.717) is 17.4 Å². The molecule has 0 bridgehead atoms. The van der Waals surface area contributed by atoms with Gasteiger partial charge < -0.3 is 9.73 Å². The van der Waals surface area contributed by atoms with Crippen LogP contribution >= 0.6 is 0 Å². The van der Waals surface area contributed by atoms with Crippen molar-refractivity contribution in [1.82, 2.24) is 20.2 Å². The first-order valence-corrected chi connectivity index (χ1v) is 5.37. The number of anilines is 1. The molecule has 6 heteroatoms. The van der Waals surface area contributed by atoms with Gasteiger partial charge in [0.05, 0.1) is 17.8 Å². The number of furan rings is 1. The van der Waals surface area contributed by atoms with E-state index in [1.54, 1.807) is 12.5 Å². The molecule has 6 nitrogen and oxygen atoms in total. The Bertz CT molecular complexity index is 628. The molecule has 3 heterocycles. The molecule has 17 heavy (non-hydrogen) atoms. The molecule has 0 aliphatic heterocycles. The Morgan fingerprint density at radius 1 is 1.41 bits per heavy atom. The van der Waals surface area contributed by atoms with E-state index < -0.39 is 0 Å². The Hall–Kier alpha value is -2.37. The number of nitrogens with zero attached hydrogens (tertiary/aromatic N) is 3. The standard InChI is InChI=1S/C11H11N5O/c1-2-12-11-14-9(8-4-3-5-17-8)7-6-13-16-10(7)15-11/h3-6H,2H2,1H3,(H2,12,13,14,15,16). The Labute approximate surface area is 97.1 Å². The second kappa shape index (κ2) is 3.89. The van der Waals surface area contributed by atoms with Gasteiger partial charge in [-0.15, -0.1) is 0 Å². The van der Waals surface area contributed by atoms with Crippen LogP contribution in [0.5, 0.6) is 0 Å². The molecule has 86 valence electrons. The third-order valence-electron chi connectivity index (χ3n) is 2.40. The van der Waals surface area contributed by atoms with Crippen LogP contribution in [0, 0.1) is 0 Å². The number of aromatic amines is 1. The normalized spacial score (nSPS) is 10.9. The highest BCUT2D eigenvalue weighted by atomic mass is 16.3. The van der Waals surface area contributed by atoms with Gasteiger partial charge in [-0.05, 0) is 19.1 Å². The van der Waals surface area contributed by atoms with Gasteiger partial charge in [-0.2, -0.15) is 10.1 Å². The van der Waals surface area contributed by atoms with E-state index in [1.165, 1.54) is 0 Å². The fourth-order valence-electron chi connectivity index (χ4n) is 1.67. The average Bonchev–Trinajstić information content (AvgIpc) is 2.99. The Morgan fingerprint density at radius 2 is 2.35 bits per heavy atom. The Balaban J connectivity index is 2.23. The fourth-order valence-corrected chi connectivity index (χ4v) is 1.67. The summed E-state index contributed by atoms with van der Waals surface area (Å²) < 4.78 is 5.37. The van der Waals surface area contributed by atoms with Gasteiger partial charge in [0.15, 0.2) is 11.4 Å². The zero-order valence-electron chi connectivity index (χ0n) is 9.27. The van der Waals surface area contributed by atoms with Crippen molar-refractivity contribution >= 4 is 17.0 Å². The highest BCUT2D eigenvalue weighted by Crippen LogP contribution is 2.26. The van der Waals surface area contributed by atoms with Crippen LogP contribution in [0.15, 0.2) is 29.0 Å². The SMILES string of the molecule is CCNc1nc(-c2ccco2)c2cn[nH]c2n1. The average molecular weight is 229 g/mol. The molecule has 0 spiro atoms. The largest absolute Gasteiger partial charge is 0.463 e. The van der Waals surface area contributed by atoms with Crippen molar-refractivity contribution in [3.63, 3.8) is 0 Å². The fraction of sp³-hybridized carbons (Fsp3) is 0.182. The van der Waals surface area contributed by atoms with Crippen molar-refractivity contribution in [2.75, 3.05) is 11.9 Å². The molecule has 0 aromatic carbocycles. The van der Waals surface area contributed by atoms with Crippen LogP contribution < -0.4 is 5.32 Å². The van der Waals surface area contributed by atoms with E-state index in [4.69, 9.17) is 4.42 Å². The van der Waals surface area contributed by atoms with E-state index in [-0.39, 0.29) is 0 Å². The Kier molecular flexibility index (Phi) is 2.25. The zero-order valence-corrected chi connectivity index (χ0v) is 9.27. The van der Waals surface area contributed by atoms with Crippen molar-refractivity contribution in [1.29, 1.82) is 0 Å². The third kappa shape index (κ3) is 1.63. The molecule has 0 aliphatic carbocycles. The molecule has 0 unspecified atom stereocenters. The van der Waals surface area contributed by atoms with Gasteiger partial charge in [-0.25, -0.2) is 4.98 Å². The molecule has 2 N–H and O–H groups in total. The van der Waals surface area contributed by atoms with Gasteiger partial charge in [0.2, 0.25) is 5.95 Å². The van der Waals surface area contributed by atoms with E-state index >= 15 is 0 Å². The first kappa shape index (κ1) is 9.83. The van der Waals surface area contributed by atoms with Gasteiger partial charge in [0, 0.05) is 6.54 Å². The maximum absolute atomic E-state index is 5.37. The molecule has 0 radical (unpaired) electrons. The second-order valence-electron chi connectivity index (χ2n) is 3.54. The van der Waals surface area contributed by atoms with Gasteiger partial charge >= 0.3 is 0 Å². The monoisotopic (exact) mass is 229 g/mol. The number of hydrogen-bond donors (Lipinski definition) is 2. The smallest absolute Gasteiger partial charge is 0.225 e. The first-order valence-electron chi connectivity index (χ1n) is 5.37. The maximum Gasteiger partial charge on any atom is 0.225 e. The number of nitrogens with one attached hydrogen (secondary N) is 2. The number of fused-ring (bicyclic) bond motifs is 1. The number of hydrogen-bond acceptors (Lipinski definition) is 5. The lowest BCUT2D eigenvalue weighted by Crippen LogP contribution is -2.03. The lowest BCUT2D eigenvalue weighted by atomic mass is 10.2. The summed E-state index contributed by atoms with van der Waals surface area (Å²) in [6.07, 6.45) is 3.32. The number of rotatable bonds is 3. The topological polar surface area (TPSA) is 79.6 Å². The molecular formula is C11H11N5O.